The summed E-state index contributed by atoms with van der Waals surface area (Å²) in [7, 11) is 0. The molecule has 0 saturated heterocycles. The predicted octanol–water partition coefficient (Wildman–Crippen LogP) is 1.88. The van der Waals surface area contributed by atoms with Crippen LogP contribution < -0.4 is 11.1 Å². The van der Waals surface area contributed by atoms with Crippen molar-refractivity contribution in [1.29, 1.82) is 0 Å². The van der Waals surface area contributed by atoms with Crippen LogP contribution in [0.25, 0.3) is 0 Å². The van der Waals surface area contributed by atoms with E-state index in [-0.39, 0.29) is 5.75 Å². The normalized spacial score (nSPS) is 12.4. The first-order valence-electron chi connectivity index (χ1n) is 4.61. The fourth-order valence-corrected chi connectivity index (χ4v) is 2.43. The second kappa shape index (κ2) is 5.65. The summed E-state index contributed by atoms with van der Waals surface area (Å²) in [6.45, 7) is 2.04. The van der Waals surface area contributed by atoms with Crippen molar-refractivity contribution in [2.24, 2.45) is 5.73 Å². The van der Waals surface area contributed by atoms with Gasteiger partial charge in [0.1, 0.15) is 5.75 Å². The molecule has 1 aromatic carbocycles. The van der Waals surface area contributed by atoms with Gasteiger partial charge in [-0.15, -0.1) is 0 Å². The first kappa shape index (κ1) is 13.5. The van der Waals surface area contributed by atoms with Crippen LogP contribution in [0.4, 0.5) is 0 Å². The lowest BCUT2D eigenvalue weighted by Gasteiger charge is -2.12. The van der Waals surface area contributed by atoms with E-state index in [9.17, 15) is 9.90 Å². The van der Waals surface area contributed by atoms with E-state index in [1.165, 1.54) is 0 Å². The highest BCUT2D eigenvalue weighted by molar-refractivity contribution is 9.11. The summed E-state index contributed by atoms with van der Waals surface area (Å²) < 4.78 is 1.45. The summed E-state index contributed by atoms with van der Waals surface area (Å²) in [5.74, 6) is -0.263. The van der Waals surface area contributed by atoms with E-state index >= 15 is 0 Å². The van der Waals surface area contributed by atoms with Crippen LogP contribution in [-0.2, 0) is 11.3 Å². The molecule has 0 fully saturated rings. The molecule has 0 aliphatic heterocycles. The van der Waals surface area contributed by atoms with E-state index in [0.29, 0.717) is 16.6 Å². The number of rotatable bonds is 4. The average Bonchev–Trinajstić information content (AvgIpc) is 2.20. The molecule has 0 aliphatic rings. The highest BCUT2D eigenvalue weighted by Crippen LogP contribution is 2.31. The van der Waals surface area contributed by atoms with Crippen molar-refractivity contribution < 1.29 is 9.90 Å². The van der Waals surface area contributed by atoms with Crippen LogP contribution >= 0.6 is 31.9 Å². The number of carbonyl (C=O) groups is 1. The molecule has 1 aromatic rings. The molecule has 0 saturated carbocycles. The molecule has 1 amide bonds. The van der Waals surface area contributed by atoms with Gasteiger partial charge in [-0.2, -0.15) is 0 Å². The zero-order valence-corrected chi connectivity index (χ0v) is 11.8. The van der Waals surface area contributed by atoms with Gasteiger partial charge in [0.25, 0.3) is 0 Å². The minimum absolute atomic E-state index is 0.160. The molecule has 0 heterocycles. The highest BCUT2D eigenvalue weighted by atomic mass is 79.9. The molecular weight excluding hydrogens is 340 g/mol. The number of hydrogen-bond acceptors (Lipinski definition) is 3. The van der Waals surface area contributed by atoms with Crippen LogP contribution in [0.5, 0.6) is 5.75 Å². The van der Waals surface area contributed by atoms with Crippen LogP contribution in [0.3, 0.4) is 0 Å². The maximum atomic E-state index is 10.8. The van der Waals surface area contributed by atoms with Crippen molar-refractivity contribution in [3.8, 4) is 5.75 Å². The number of phenols is 1. The van der Waals surface area contributed by atoms with Gasteiger partial charge in [0, 0.05) is 16.6 Å². The molecule has 1 unspecified atom stereocenters. The highest BCUT2D eigenvalue weighted by Gasteiger charge is 2.11. The van der Waals surface area contributed by atoms with Crippen LogP contribution in [0, 0.1) is 0 Å². The topological polar surface area (TPSA) is 75.3 Å². The Balaban J connectivity index is 2.78. The number of amides is 1. The minimum Gasteiger partial charge on any atom is -0.506 e. The van der Waals surface area contributed by atoms with Crippen LogP contribution in [-0.4, -0.2) is 17.1 Å². The quantitative estimate of drug-likeness (QED) is 0.775. The van der Waals surface area contributed by atoms with E-state index in [0.717, 1.165) is 4.47 Å². The van der Waals surface area contributed by atoms with Crippen molar-refractivity contribution in [2.75, 3.05) is 0 Å². The Morgan fingerprint density at radius 1 is 1.56 bits per heavy atom. The van der Waals surface area contributed by atoms with Gasteiger partial charge in [-0.3, -0.25) is 4.79 Å². The number of aromatic hydroxyl groups is 1. The van der Waals surface area contributed by atoms with E-state index in [2.05, 4.69) is 37.2 Å². The molecule has 4 nitrogen and oxygen atoms in total. The number of nitrogens with two attached hydrogens (primary N) is 1. The van der Waals surface area contributed by atoms with Gasteiger partial charge in [-0.05, 0) is 35.0 Å². The van der Waals surface area contributed by atoms with Gasteiger partial charge in [-0.25, -0.2) is 0 Å². The van der Waals surface area contributed by atoms with E-state index in [1.807, 2.05) is 0 Å². The molecule has 16 heavy (non-hydrogen) atoms. The number of carbonyl (C=O) groups excluding carboxylic acids is 1. The third kappa shape index (κ3) is 3.47. The van der Waals surface area contributed by atoms with E-state index < -0.39 is 11.9 Å². The van der Waals surface area contributed by atoms with Gasteiger partial charge in [0.2, 0.25) is 5.91 Å². The Kier molecular flexibility index (Phi) is 4.76. The second-order valence-electron chi connectivity index (χ2n) is 3.40. The molecular formula is C10H12Br2N2O2. The first-order valence-corrected chi connectivity index (χ1v) is 6.20. The minimum atomic E-state index is -0.433. The predicted molar refractivity (Wildman–Crippen MR) is 69.0 cm³/mol. The first-order chi connectivity index (χ1) is 7.41. The molecule has 0 aliphatic carbocycles. The molecule has 6 heteroatoms. The molecule has 88 valence electrons. The summed E-state index contributed by atoms with van der Waals surface area (Å²) >= 11 is 6.56. The van der Waals surface area contributed by atoms with Gasteiger partial charge in [0.05, 0.1) is 10.5 Å². The van der Waals surface area contributed by atoms with E-state index in [4.69, 9.17) is 5.73 Å². The SMILES string of the molecule is CC(NCc1cc(Br)cc(Br)c1O)C(N)=O. The lowest BCUT2D eigenvalue weighted by molar-refractivity contribution is -0.119. The monoisotopic (exact) mass is 350 g/mol. The number of halogens is 2. The average molecular weight is 352 g/mol. The van der Waals surface area contributed by atoms with Gasteiger partial charge < -0.3 is 16.2 Å². The number of hydrogen-bond donors (Lipinski definition) is 3. The van der Waals surface area contributed by atoms with Crippen LogP contribution in [0.1, 0.15) is 12.5 Å². The lowest BCUT2D eigenvalue weighted by atomic mass is 10.2. The van der Waals surface area contributed by atoms with Crippen molar-refractivity contribution in [2.45, 2.75) is 19.5 Å². The van der Waals surface area contributed by atoms with Crippen LogP contribution in [0.2, 0.25) is 0 Å². The number of primary amides is 1. The van der Waals surface area contributed by atoms with Crippen molar-refractivity contribution in [3.05, 3.63) is 26.6 Å². The molecule has 4 N–H and O–H groups in total. The maximum Gasteiger partial charge on any atom is 0.234 e. The summed E-state index contributed by atoms with van der Waals surface area (Å²) in [4.78, 5) is 10.8. The zero-order chi connectivity index (χ0) is 12.3. The third-order valence-corrected chi connectivity index (χ3v) is 3.19. The van der Waals surface area contributed by atoms with Crippen molar-refractivity contribution in [3.63, 3.8) is 0 Å². The van der Waals surface area contributed by atoms with Gasteiger partial charge in [-0.1, -0.05) is 15.9 Å². The Bertz CT molecular complexity index is 410. The van der Waals surface area contributed by atoms with Crippen molar-refractivity contribution in [1.82, 2.24) is 5.32 Å². The standard InChI is InChI=1S/C10H12Br2N2O2/c1-5(10(13)16)14-4-6-2-7(11)3-8(12)9(6)15/h2-3,5,14-15H,4H2,1H3,(H2,13,16). The Labute approximate surface area is 110 Å². The molecule has 1 rings (SSSR count). The number of benzene rings is 1. The smallest absolute Gasteiger partial charge is 0.234 e. The molecule has 0 aromatic heterocycles. The maximum absolute atomic E-state index is 10.8. The zero-order valence-electron chi connectivity index (χ0n) is 8.63. The lowest BCUT2D eigenvalue weighted by Crippen LogP contribution is -2.38. The van der Waals surface area contributed by atoms with Crippen LogP contribution in [0.15, 0.2) is 21.1 Å². The summed E-state index contributed by atoms with van der Waals surface area (Å²) in [6, 6.07) is 3.09. The van der Waals surface area contributed by atoms with E-state index in [1.54, 1.807) is 19.1 Å². The Morgan fingerprint density at radius 3 is 2.75 bits per heavy atom. The molecule has 0 spiro atoms. The second-order valence-corrected chi connectivity index (χ2v) is 5.17. The molecule has 0 bridgehead atoms. The summed E-state index contributed by atoms with van der Waals surface area (Å²) in [5, 5.41) is 12.7. The third-order valence-electron chi connectivity index (χ3n) is 2.13. The Hall–Kier alpha value is -0.590. The number of nitrogens with one attached hydrogen (secondary N) is 1. The largest absolute Gasteiger partial charge is 0.506 e. The fraction of sp³-hybridized carbons (Fsp3) is 0.300. The summed E-state index contributed by atoms with van der Waals surface area (Å²) in [5.41, 5.74) is 5.80. The summed E-state index contributed by atoms with van der Waals surface area (Å²) in [6.07, 6.45) is 0. The van der Waals surface area contributed by atoms with Gasteiger partial charge >= 0.3 is 0 Å². The molecule has 1 atom stereocenters. The van der Waals surface area contributed by atoms with Gasteiger partial charge in [0.15, 0.2) is 0 Å². The fourth-order valence-electron chi connectivity index (χ4n) is 1.12. The Morgan fingerprint density at radius 2 is 2.19 bits per heavy atom. The molecule has 0 radical (unpaired) electrons. The number of phenolic OH excluding ortho intramolecular Hbond substituents is 1. The van der Waals surface area contributed by atoms with Crippen molar-refractivity contribution >= 4 is 37.8 Å².